The van der Waals surface area contributed by atoms with E-state index in [9.17, 15) is 22.8 Å². The summed E-state index contributed by atoms with van der Waals surface area (Å²) in [6, 6.07) is 5.51. The zero-order valence-electron chi connectivity index (χ0n) is 14.3. The number of carbonyl (C=O) groups is 2. The van der Waals surface area contributed by atoms with Crippen LogP contribution in [-0.4, -0.2) is 34.8 Å². The first kappa shape index (κ1) is 19.4. The smallest absolute Gasteiger partial charge is 0.339 e. The third-order valence-electron chi connectivity index (χ3n) is 3.77. The molecule has 0 spiro atoms. The average molecular weight is 365 g/mol. The van der Waals surface area contributed by atoms with Crippen LogP contribution in [0, 0.1) is 0 Å². The lowest BCUT2D eigenvalue weighted by Crippen LogP contribution is -2.30. The maximum absolute atomic E-state index is 12.6. The van der Waals surface area contributed by atoms with E-state index in [2.05, 4.69) is 10.3 Å². The Hall–Kier alpha value is -2.90. The molecule has 1 heterocycles. The third-order valence-corrected chi connectivity index (χ3v) is 3.77. The lowest BCUT2D eigenvalue weighted by molar-refractivity contribution is -0.137. The molecule has 0 saturated carbocycles. The lowest BCUT2D eigenvalue weighted by Gasteiger charge is -2.18. The van der Waals surface area contributed by atoms with Gasteiger partial charge in [-0.1, -0.05) is 0 Å². The number of hydrogen-bond acceptors (Lipinski definition) is 3. The van der Waals surface area contributed by atoms with Crippen molar-refractivity contribution in [3.8, 4) is 0 Å². The molecule has 0 radical (unpaired) electrons. The minimum absolute atomic E-state index is 0.142. The van der Waals surface area contributed by atoms with Crippen molar-refractivity contribution in [3.05, 3.63) is 59.4 Å². The molecule has 138 valence electrons. The molecular formula is C18H18F3N3O2. The fraction of sp³-hybridized carbons (Fsp3) is 0.278. The van der Waals surface area contributed by atoms with Crippen molar-refractivity contribution in [2.75, 3.05) is 18.4 Å². The van der Waals surface area contributed by atoms with Gasteiger partial charge in [-0.15, -0.1) is 0 Å². The van der Waals surface area contributed by atoms with Gasteiger partial charge < -0.3 is 10.2 Å². The van der Waals surface area contributed by atoms with Crippen LogP contribution in [0.2, 0.25) is 0 Å². The fourth-order valence-electron chi connectivity index (χ4n) is 2.32. The number of carbonyl (C=O) groups excluding carboxylic acids is 2. The van der Waals surface area contributed by atoms with Gasteiger partial charge >= 0.3 is 6.18 Å². The van der Waals surface area contributed by atoms with Crippen molar-refractivity contribution in [2.24, 2.45) is 0 Å². The molecule has 0 saturated heterocycles. The average Bonchev–Trinajstić information content (AvgIpc) is 2.62. The molecule has 8 heteroatoms. The summed E-state index contributed by atoms with van der Waals surface area (Å²) >= 11 is 0. The second kappa shape index (κ2) is 7.99. The van der Waals surface area contributed by atoms with Crippen LogP contribution >= 0.6 is 0 Å². The highest BCUT2D eigenvalue weighted by atomic mass is 19.4. The molecule has 0 aliphatic rings. The Morgan fingerprint density at radius 3 is 2.15 bits per heavy atom. The summed E-state index contributed by atoms with van der Waals surface area (Å²) in [6.07, 6.45) is -1.78. The third kappa shape index (κ3) is 4.59. The molecule has 2 rings (SSSR count). The van der Waals surface area contributed by atoms with E-state index in [1.807, 2.05) is 13.8 Å². The van der Waals surface area contributed by atoms with E-state index in [-0.39, 0.29) is 22.7 Å². The van der Waals surface area contributed by atoms with E-state index < -0.39 is 17.6 Å². The highest BCUT2D eigenvalue weighted by molar-refractivity contribution is 6.05. The van der Waals surface area contributed by atoms with Crippen LogP contribution < -0.4 is 5.32 Å². The van der Waals surface area contributed by atoms with Crippen molar-refractivity contribution < 1.29 is 22.8 Å². The molecule has 2 aromatic rings. The number of pyridine rings is 1. The van der Waals surface area contributed by atoms with Crippen LogP contribution in [0.1, 0.15) is 40.1 Å². The Labute approximate surface area is 148 Å². The first-order chi connectivity index (χ1) is 12.3. The second-order valence-electron chi connectivity index (χ2n) is 5.47. The Kier molecular flexibility index (Phi) is 5.97. The SMILES string of the molecule is CCN(CC)C(=O)c1cncc(C(=O)Nc2ccc(C(F)(F)F)cc2)c1. The van der Waals surface area contributed by atoms with Gasteiger partial charge in [0, 0.05) is 31.2 Å². The summed E-state index contributed by atoms with van der Waals surface area (Å²) in [5, 5.41) is 2.49. The largest absolute Gasteiger partial charge is 0.416 e. The number of hydrogen-bond donors (Lipinski definition) is 1. The number of alkyl halides is 3. The van der Waals surface area contributed by atoms with Gasteiger partial charge in [0.15, 0.2) is 0 Å². The summed E-state index contributed by atoms with van der Waals surface area (Å²) in [5.41, 5.74) is -0.177. The Morgan fingerprint density at radius 2 is 1.62 bits per heavy atom. The molecule has 1 N–H and O–H groups in total. The number of halogens is 3. The molecule has 5 nitrogen and oxygen atoms in total. The van der Waals surface area contributed by atoms with Gasteiger partial charge in [0.2, 0.25) is 0 Å². The number of rotatable bonds is 5. The van der Waals surface area contributed by atoms with E-state index in [1.54, 1.807) is 4.90 Å². The summed E-state index contributed by atoms with van der Waals surface area (Å²) < 4.78 is 37.7. The number of benzene rings is 1. The summed E-state index contributed by atoms with van der Waals surface area (Å²) in [4.78, 5) is 30.1. The van der Waals surface area contributed by atoms with E-state index in [0.717, 1.165) is 12.1 Å². The molecule has 2 amide bonds. The number of anilines is 1. The van der Waals surface area contributed by atoms with Crippen LogP contribution in [0.5, 0.6) is 0 Å². The van der Waals surface area contributed by atoms with E-state index in [4.69, 9.17) is 0 Å². The highest BCUT2D eigenvalue weighted by Crippen LogP contribution is 2.29. The molecule has 1 aromatic carbocycles. The van der Waals surface area contributed by atoms with E-state index >= 15 is 0 Å². The van der Waals surface area contributed by atoms with Crippen LogP contribution in [0.3, 0.4) is 0 Å². The molecule has 0 aliphatic carbocycles. The van der Waals surface area contributed by atoms with Crippen LogP contribution in [0.25, 0.3) is 0 Å². The fourth-order valence-corrected chi connectivity index (χ4v) is 2.32. The predicted molar refractivity (Wildman–Crippen MR) is 90.9 cm³/mol. The summed E-state index contributed by atoms with van der Waals surface area (Å²) in [6.45, 7) is 4.74. The number of amides is 2. The Morgan fingerprint density at radius 1 is 1.04 bits per heavy atom. The summed E-state index contributed by atoms with van der Waals surface area (Å²) in [5.74, 6) is -0.807. The van der Waals surface area contributed by atoms with Gasteiger partial charge in [-0.3, -0.25) is 14.6 Å². The molecule has 26 heavy (non-hydrogen) atoms. The Balaban J connectivity index is 2.15. The first-order valence-electron chi connectivity index (χ1n) is 7.99. The van der Waals surface area contributed by atoms with Gasteiger partial charge in [-0.25, -0.2) is 0 Å². The zero-order valence-corrected chi connectivity index (χ0v) is 14.3. The lowest BCUT2D eigenvalue weighted by atomic mass is 10.1. The number of aromatic nitrogens is 1. The molecule has 0 atom stereocenters. The van der Waals surface area contributed by atoms with Gasteiger partial charge in [0.1, 0.15) is 0 Å². The second-order valence-corrected chi connectivity index (χ2v) is 5.47. The van der Waals surface area contributed by atoms with Gasteiger partial charge in [0.05, 0.1) is 16.7 Å². The van der Waals surface area contributed by atoms with Crippen LogP contribution in [0.15, 0.2) is 42.7 Å². The standard InChI is InChI=1S/C18H18F3N3O2/c1-3-24(4-2)17(26)13-9-12(10-22-11-13)16(25)23-15-7-5-14(6-8-15)18(19,20)21/h5-11H,3-4H2,1-2H3,(H,23,25). The van der Waals surface area contributed by atoms with Crippen molar-refractivity contribution >= 4 is 17.5 Å². The van der Waals surface area contributed by atoms with Crippen molar-refractivity contribution in [1.82, 2.24) is 9.88 Å². The quantitative estimate of drug-likeness (QED) is 0.876. The number of nitrogens with one attached hydrogen (secondary N) is 1. The maximum Gasteiger partial charge on any atom is 0.416 e. The van der Waals surface area contributed by atoms with Crippen molar-refractivity contribution in [2.45, 2.75) is 20.0 Å². The van der Waals surface area contributed by atoms with Crippen LogP contribution in [-0.2, 0) is 6.18 Å². The van der Waals surface area contributed by atoms with Crippen molar-refractivity contribution in [3.63, 3.8) is 0 Å². The molecule has 0 aliphatic heterocycles. The molecule has 0 bridgehead atoms. The Bertz CT molecular complexity index is 785. The van der Waals surface area contributed by atoms with Gasteiger partial charge in [-0.05, 0) is 44.2 Å². The van der Waals surface area contributed by atoms with E-state index in [0.29, 0.717) is 13.1 Å². The molecule has 0 unspecified atom stereocenters. The normalized spacial score (nSPS) is 11.1. The molecule has 1 aromatic heterocycles. The zero-order chi connectivity index (χ0) is 19.3. The minimum atomic E-state index is -4.44. The monoisotopic (exact) mass is 365 g/mol. The predicted octanol–water partition coefficient (Wildman–Crippen LogP) is 3.83. The number of nitrogens with zero attached hydrogens (tertiary/aromatic N) is 2. The van der Waals surface area contributed by atoms with Crippen molar-refractivity contribution in [1.29, 1.82) is 0 Å². The molecular weight excluding hydrogens is 347 g/mol. The first-order valence-corrected chi connectivity index (χ1v) is 7.99. The van der Waals surface area contributed by atoms with E-state index in [1.165, 1.54) is 30.6 Å². The van der Waals surface area contributed by atoms with Gasteiger partial charge in [0.25, 0.3) is 11.8 Å². The van der Waals surface area contributed by atoms with Gasteiger partial charge in [-0.2, -0.15) is 13.2 Å². The maximum atomic E-state index is 12.6. The molecule has 0 fully saturated rings. The minimum Gasteiger partial charge on any atom is -0.339 e. The highest BCUT2D eigenvalue weighted by Gasteiger charge is 2.30. The summed E-state index contributed by atoms with van der Waals surface area (Å²) in [7, 11) is 0. The topological polar surface area (TPSA) is 62.3 Å². The van der Waals surface area contributed by atoms with Crippen LogP contribution in [0.4, 0.5) is 18.9 Å².